The average Bonchev–Trinajstić information content (AvgIpc) is 3.01. The summed E-state index contributed by atoms with van der Waals surface area (Å²) < 4.78 is 44.5. The number of nitrogens with one attached hydrogen (secondary N) is 2. The first-order valence-electron chi connectivity index (χ1n) is 7.50. The summed E-state index contributed by atoms with van der Waals surface area (Å²) in [7, 11) is 1.40. The number of halogens is 3. The second kappa shape index (κ2) is 6.34. The van der Waals surface area contributed by atoms with Crippen LogP contribution in [-0.2, 0) is 5.72 Å². The van der Waals surface area contributed by atoms with Crippen LogP contribution in [0.4, 0.5) is 13.2 Å². The molecule has 0 saturated carbocycles. The van der Waals surface area contributed by atoms with Crippen molar-refractivity contribution < 1.29 is 32.8 Å². The number of aliphatic hydroxyl groups is 1. The van der Waals surface area contributed by atoms with Crippen molar-refractivity contribution in [1.82, 2.24) is 10.4 Å². The highest BCUT2D eigenvalue weighted by Crippen LogP contribution is 2.38. The van der Waals surface area contributed by atoms with E-state index in [-0.39, 0.29) is 11.1 Å². The fourth-order valence-electron chi connectivity index (χ4n) is 2.57. The van der Waals surface area contributed by atoms with E-state index in [4.69, 9.17) is 4.74 Å². The van der Waals surface area contributed by atoms with Crippen LogP contribution >= 0.6 is 0 Å². The number of amides is 1. The van der Waals surface area contributed by atoms with Crippen molar-refractivity contribution in [2.45, 2.75) is 11.9 Å². The van der Waals surface area contributed by atoms with E-state index >= 15 is 0 Å². The third-order valence-corrected chi connectivity index (χ3v) is 3.88. The quantitative estimate of drug-likeness (QED) is 0.868. The second-order valence-electron chi connectivity index (χ2n) is 5.56. The largest absolute Gasteiger partial charge is 0.497 e. The van der Waals surface area contributed by atoms with E-state index in [2.05, 4.69) is 4.98 Å². The number of hydrogen-bond donors (Lipinski definition) is 2. The number of H-pyrrole nitrogens is 1. The fourth-order valence-corrected chi connectivity index (χ4v) is 2.57. The number of allylic oxidation sites excluding steroid dienone is 1. The number of benzene rings is 1. The van der Waals surface area contributed by atoms with Crippen LogP contribution in [0.5, 0.6) is 5.75 Å². The van der Waals surface area contributed by atoms with E-state index in [1.165, 1.54) is 49.8 Å². The third-order valence-electron chi connectivity index (χ3n) is 3.88. The molecule has 1 unspecified atom stereocenters. The summed E-state index contributed by atoms with van der Waals surface area (Å²) in [4.78, 5) is 15.5. The molecule has 1 aliphatic heterocycles. The van der Waals surface area contributed by atoms with Gasteiger partial charge in [-0.05, 0) is 24.3 Å². The number of carbonyl (C=O) groups excluding carboxylic acids is 1. The van der Waals surface area contributed by atoms with Gasteiger partial charge in [-0.2, -0.15) is 13.2 Å². The highest BCUT2D eigenvalue weighted by Gasteiger charge is 2.51. The Balaban J connectivity index is 2.06. The van der Waals surface area contributed by atoms with Gasteiger partial charge in [0, 0.05) is 17.7 Å². The number of ether oxygens (including phenoxy) is 1. The van der Waals surface area contributed by atoms with Gasteiger partial charge >= 0.3 is 6.18 Å². The molecule has 0 spiro atoms. The number of nitrogens with zero attached hydrogens (tertiary/aromatic N) is 1. The lowest BCUT2D eigenvalue weighted by Gasteiger charge is -2.32. The van der Waals surface area contributed by atoms with Crippen molar-refractivity contribution in [2.24, 2.45) is 0 Å². The smallest absolute Gasteiger partial charge is 0.432 e. The van der Waals surface area contributed by atoms with Gasteiger partial charge in [0.05, 0.1) is 12.7 Å². The molecule has 136 valence electrons. The van der Waals surface area contributed by atoms with Crippen molar-refractivity contribution in [3.8, 4) is 5.75 Å². The van der Waals surface area contributed by atoms with Crippen LogP contribution in [0.15, 0.2) is 60.6 Å². The summed E-state index contributed by atoms with van der Waals surface area (Å²) in [5.41, 5.74) is -1.49. The maximum Gasteiger partial charge on any atom is 0.432 e. The number of aromatic amines is 1. The van der Waals surface area contributed by atoms with Crippen LogP contribution in [0.25, 0.3) is 0 Å². The zero-order chi connectivity index (χ0) is 18.9. The second-order valence-corrected chi connectivity index (χ2v) is 5.56. The molecule has 3 N–H and O–H groups in total. The molecule has 3 rings (SSSR count). The zero-order valence-corrected chi connectivity index (χ0v) is 13.5. The highest BCUT2D eigenvalue weighted by molar-refractivity contribution is 5.95. The first-order chi connectivity index (χ1) is 12.3. The Morgan fingerprint density at radius 2 is 2.08 bits per heavy atom. The lowest BCUT2D eigenvalue weighted by molar-refractivity contribution is -0.380. The van der Waals surface area contributed by atoms with E-state index in [1.807, 2.05) is 5.43 Å². The van der Waals surface area contributed by atoms with Crippen LogP contribution in [0, 0.1) is 0 Å². The Kier molecular flexibility index (Phi) is 4.33. The van der Waals surface area contributed by atoms with E-state index in [9.17, 15) is 23.1 Å². The van der Waals surface area contributed by atoms with Gasteiger partial charge in [0.15, 0.2) is 12.4 Å². The Hall–Kier alpha value is -3.07. The lowest BCUT2D eigenvalue weighted by atomic mass is 10.0. The van der Waals surface area contributed by atoms with E-state index in [0.29, 0.717) is 16.8 Å². The average molecular weight is 366 g/mol. The van der Waals surface area contributed by atoms with Crippen molar-refractivity contribution >= 4 is 5.91 Å². The number of methoxy groups -OCH3 is 1. The van der Waals surface area contributed by atoms with Crippen LogP contribution in [-0.4, -0.2) is 29.3 Å². The van der Waals surface area contributed by atoms with E-state index in [0.717, 1.165) is 0 Å². The summed E-state index contributed by atoms with van der Waals surface area (Å²) in [5.74, 6) is -0.499. The zero-order valence-electron chi connectivity index (χ0n) is 13.5. The monoisotopic (exact) mass is 366 g/mol. The first-order valence-corrected chi connectivity index (χ1v) is 7.50. The molecule has 1 aromatic carbocycles. The molecule has 1 amide bonds. The number of hydrogen-bond acceptors (Lipinski definition) is 4. The molecule has 26 heavy (non-hydrogen) atoms. The van der Waals surface area contributed by atoms with Gasteiger partial charge in [-0.25, -0.2) is 9.99 Å². The number of carbonyl (C=O) groups is 1. The molecule has 0 bridgehead atoms. The number of pyridine rings is 1. The molecule has 0 radical (unpaired) electrons. The SMILES string of the molecule is COc1cccc(C(=O)N2NC(C(F)(F)F)=CC2(O)c2ccc[nH+]c2)c1. The standard InChI is InChI=1S/C17H14F3N3O3/c1-26-13-6-2-4-11(8-13)15(24)23-16(25,12-5-3-7-21-10-12)9-14(22-23)17(18,19)20/h2-10,22,25H,1H3/p+1. The molecule has 0 aliphatic carbocycles. The topological polar surface area (TPSA) is 75.9 Å². The number of aromatic nitrogens is 1. The van der Waals surface area contributed by atoms with Gasteiger partial charge < -0.3 is 9.84 Å². The molecular weight excluding hydrogens is 351 g/mol. The highest BCUT2D eigenvalue weighted by atomic mass is 19.4. The fraction of sp³-hybridized carbons (Fsp3) is 0.176. The van der Waals surface area contributed by atoms with Gasteiger partial charge in [-0.3, -0.25) is 10.2 Å². The number of alkyl halides is 3. The maximum atomic E-state index is 13.2. The Bertz CT molecular complexity index is 855. The predicted octanol–water partition coefficient (Wildman–Crippen LogP) is 1.76. The molecule has 2 heterocycles. The summed E-state index contributed by atoms with van der Waals surface area (Å²) in [5, 5.41) is 11.5. The Labute approximate surface area is 146 Å². The van der Waals surface area contributed by atoms with Crippen molar-refractivity contribution in [1.29, 1.82) is 0 Å². The van der Waals surface area contributed by atoms with E-state index in [1.54, 1.807) is 6.07 Å². The third kappa shape index (κ3) is 3.08. The molecule has 0 fully saturated rings. The molecule has 2 aromatic rings. The van der Waals surface area contributed by atoms with E-state index < -0.39 is 23.5 Å². The minimum Gasteiger partial charge on any atom is -0.497 e. The minimum atomic E-state index is -4.77. The van der Waals surface area contributed by atoms with Gasteiger partial charge in [-0.15, -0.1) is 0 Å². The molecule has 1 aliphatic rings. The van der Waals surface area contributed by atoms with Crippen molar-refractivity contribution in [3.63, 3.8) is 0 Å². The van der Waals surface area contributed by atoms with Gasteiger partial charge in [-0.1, -0.05) is 6.07 Å². The van der Waals surface area contributed by atoms with Crippen LogP contribution in [0.3, 0.4) is 0 Å². The lowest BCUT2D eigenvalue weighted by Crippen LogP contribution is -2.51. The summed E-state index contributed by atoms with van der Waals surface area (Å²) in [6.45, 7) is 0. The van der Waals surface area contributed by atoms with Gasteiger partial charge in [0.1, 0.15) is 11.4 Å². The van der Waals surface area contributed by atoms with Crippen molar-refractivity contribution in [2.75, 3.05) is 7.11 Å². The number of hydrazine groups is 1. The van der Waals surface area contributed by atoms with Crippen molar-refractivity contribution in [3.05, 3.63) is 71.7 Å². The summed E-state index contributed by atoms with van der Waals surface area (Å²) in [6.07, 6.45) is -1.37. The molecule has 1 aromatic heterocycles. The predicted molar refractivity (Wildman–Crippen MR) is 83.3 cm³/mol. The molecule has 9 heteroatoms. The molecule has 6 nitrogen and oxygen atoms in total. The van der Waals surface area contributed by atoms with Crippen LogP contribution < -0.4 is 15.1 Å². The maximum absolute atomic E-state index is 13.2. The Morgan fingerprint density at radius 3 is 2.69 bits per heavy atom. The van der Waals surface area contributed by atoms with Gasteiger partial charge in [0.25, 0.3) is 5.91 Å². The first kappa shape index (κ1) is 17.7. The molecule has 1 atom stereocenters. The van der Waals surface area contributed by atoms with Crippen LogP contribution in [0.1, 0.15) is 15.9 Å². The Morgan fingerprint density at radius 1 is 1.31 bits per heavy atom. The van der Waals surface area contributed by atoms with Crippen LogP contribution in [0.2, 0.25) is 0 Å². The normalized spacial score (nSPS) is 19.7. The summed E-state index contributed by atoms with van der Waals surface area (Å²) in [6, 6.07) is 8.80. The van der Waals surface area contributed by atoms with Gasteiger partial charge in [0.2, 0.25) is 5.72 Å². The summed E-state index contributed by atoms with van der Waals surface area (Å²) >= 11 is 0. The minimum absolute atomic E-state index is 0.0482. The molecule has 0 saturated heterocycles. The molecular formula is C17H15F3N3O3+. The number of rotatable bonds is 3.